The van der Waals surface area contributed by atoms with Gasteiger partial charge in [0.15, 0.2) is 12.2 Å². The van der Waals surface area contributed by atoms with E-state index in [9.17, 15) is 0 Å². The molecule has 0 spiro atoms. The van der Waals surface area contributed by atoms with Gasteiger partial charge in [-0.25, -0.2) is 19.6 Å². The number of rotatable bonds is 11. The average Bonchev–Trinajstić information content (AvgIpc) is 2.42. The fraction of sp³-hybridized carbons (Fsp3) is 0.875. The van der Waals surface area contributed by atoms with Gasteiger partial charge in [0.2, 0.25) is 0 Å². The smallest absolute Gasteiger partial charge is 0.155 e. The van der Waals surface area contributed by atoms with Crippen LogP contribution in [0.2, 0.25) is 0 Å². The Bertz CT molecular complexity index is 267. The summed E-state index contributed by atoms with van der Waals surface area (Å²) >= 11 is 0. The van der Waals surface area contributed by atoms with Crippen LogP contribution in [0, 0.1) is 17.8 Å². The summed E-state index contributed by atoms with van der Waals surface area (Å²) in [6.45, 7) is 11.4. The monoisotopic (exact) mass is 286 g/mol. The summed E-state index contributed by atoms with van der Waals surface area (Å²) in [5.41, 5.74) is 0. The summed E-state index contributed by atoms with van der Waals surface area (Å²) < 4.78 is 0. The molecule has 4 nitrogen and oxygen atoms in total. The lowest BCUT2D eigenvalue weighted by Gasteiger charge is -2.14. The first-order valence-corrected chi connectivity index (χ1v) is 7.69. The van der Waals surface area contributed by atoms with E-state index in [0.717, 1.165) is 25.7 Å². The fourth-order valence-electron chi connectivity index (χ4n) is 1.20. The molecule has 0 aliphatic heterocycles. The van der Waals surface area contributed by atoms with Crippen molar-refractivity contribution in [2.45, 2.75) is 72.5 Å². The molecule has 0 radical (unpaired) electrons. The van der Waals surface area contributed by atoms with Gasteiger partial charge in [-0.1, -0.05) is 52.4 Å². The first-order chi connectivity index (χ1) is 9.61. The maximum absolute atomic E-state index is 5.33. The van der Waals surface area contributed by atoms with Crippen LogP contribution < -0.4 is 0 Å². The van der Waals surface area contributed by atoms with Crippen LogP contribution in [0.5, 0.6) is 0 Å². The van der Waals surface area contributed by atoms with E-state index in [1.165, 1.54) is 0 Å². The fourth-order valence-corrected chi connectivity index (χ4v) is 1.20. The van der Waals surface area contributed by atoms with Gasteiger partial charge in [-0.15, -0.1) is 0 Å². The van der Waals surface area contributed by atoms with Crippen molar-refractivity contribution in [3.8, 4) is 11.8 Å². The number of hydrogen-bond donors (Lipinski definition) is 0. The lowest BCUT2D eigenvalue weighted by atomic mass is 10.1. The molecule has 0 saturated carbocycles. The molecule has 20 heavy (non-hydrogen) atoms. The zero-order chi connectivity index (χ0) is 15.2. The predicted octanol–water partition coefficient (Wildman–Crippen LogP) is 3.90. The summed E-state index contributed by atoms with van der Waals surface area (Å²) in [7, 11) is 0. The highest BCUT2D eigenvalue weighted by molar-refractivity contribution is 5.09. The van der Waals surface area contributed by atoms with Crippen molar-refractivity contribution in [2.24, 2.45) is 5.92 Å². The molecule has 118 valence electrons. The summed E-state index contributed by atoms with van der Waals surface area (Å²) in [6.07, 6.45) is 3.64. The Morgan fingerprint density at radius 3 is 1.85 bits per heavy atom. The third-order valence-electron chi connectivity index (χ3n) is 2.58. The quantitative estimate of drug-likeness (QED) is 0.250. The second kappa shape index (κ2) is 13.4. The predicted molar refractivity (Wildman–Crippen MR) is 79.8 cm³/mol. The van der Waals surface area contributed by atoms with Crippen LogP contribution in [0.1, 0.15) is 60.3 Å². The molecule has 0 saturated heterocycles. The van der Waals surface area contributed by atoms with E-state index in [-0.39, 0.29) is 18.1 Å². The molecule has 0 heterocycles. The Kier molecular flexibility index (Phi) is 13.0. The maximum atomic E-state index is 5.33. The molecule has 2 atom stereocenters. The van der Waals surface area contributed by atoms with E-state index in [2.05, 4.69) is 25.7 Å². The van der Waals surface area contributed by atoms with Gasteiger partial charge < -0.3 is 0 Å². The van der Waals surface area contributed by atoms with Crippen molar-refractivity contribution in [1.29, 1.82) is 0 Å². The minimum absolute atomic E-state index is 0.242. The highest BCUT2D eigenvalue weighted by atomic mass is 17.2. The van der Waals surface area contributed by atoms with Gasteiger partial charge in [-0.3, -0.25) is 0 Å². The van der Waals surface area contributed by atoms with Crippen LogP contribution in [-0.4, -0.2) is 25.4 Å². The molecule has 0 aliphatic carbocycles. The third kappa shape index (κ3) is 11.2. The Morgan fingerprint density at radius 1 is 0.800 bits per heavy atom. The molecule has 0 rings (SSSR count). The second-order valence-corrected chi connectivity index (χ2v) is 5.14. The Balaban J connectivity index is 4.00. The molecule has 0 aromatic heterocycles. The third-order valence-corrected chi connectivity index (χ3v) is 2.58. The Labute approximate surface area is 124 Å². The van der Waals surface area contributed by atoms with Crippen molar-refractivity contribution in [2.75, 3.05) is 13.2 Å². The van der Waals surface area contributed by atoms with Crippen LogP contribution in [-0.2, 0) is 19.6 Å². The van der Waals surface area contributed by atoms with E-state index in [1.54, 1.807) is 0 Å². The van der Waals surface area contributed by atoms with E-state index in [4.69, 9.17) is 19.6 Å². The van der Waals surface area contributed by atoms with E-state index in [1.807, 2.05) is 20.8 Å². The number of unbranched alkanes of at least 4 members (excludes halogenated alkanes) is 2. The van der Waals surface area contributed by atoms with Gasteiger partial charge >= 0.3 is 0 Å². The van der Waals surface area contributed by atoms with Crippen molar-refractivity contribution in [3.05, 3.63) is 0 Å². The van der Waals surface area contributed by atoms with E-state index < -0.39 is 0 Å². The standard InChI is InChI=1S/C16H30O4/c1-6-8-12-17-19-15(5)10-11-16(14(3)4)20-18-13-9-7-2/h14-16H,6-9,12-13H2,1-5H3. The van der Waals surface area contributed by atoms with Gasteiger partial charge in [0, 0.05) is 0 Å². The lowest BCUT2D eigenvalue weighted by Crippen LogP contribution is -2.19. The summed E-state index contributed by atoms with van der Waals surface area (Å²) in [4.78, 5) is 20.7. The summed E-state index contributed by atoms with van der Waals surface area (Å²) in [5.74, 6) is 6.28. The molecule has 0 bridgehead atoms. The zero-order valence-electron chi connectivity index (χ0n) is 13.6. The molecule has 0 aliphatic rings. The number of hydrogen-bond acceptors (Lipinski definition) is 4. The van der Waals surface area contributed by atoms with Crippen LogP contribution in [0.3, 0.4) is 0 Å². The molecule has 0 aromatic rings. The first-order valence-electron chi connectivity index (χ1n) is 7.69. The first kappa shape index (κ1) is 19.4. The van der Waals surface area contributed by atoms with Crippen molar-refractivity contribution in [1.82, 2.24) is 0 Å². The molecular weight excluding hydrogens is 256 g/mol. The topological polar surface area (TPSA) is 36.9 Å². The van der Waals surface area contributed by atoms with Crippen LogP contribution in [0.4, 0.5) is 0 Å². The van der Waals surface area contributed by atoms with E-state index >= 15 is 0 Å². The van der Waals surface area contributed by atoms with Crippen molar-refractivity contribution < 1.29 is 19.6 Å². The van der Waals surface area contributed by atoms with Gasteiger partial charge in [0.25, 0.3) is 0 Å². The Hall–Kier alpha value is -0.600. The largest absolute Gasteiger partial charge is 0.235 e. The highest BCUT2D eigenvalue weighted by Gasteiger charge is 2.12. The molecule has 4 heteroatoms. The maximum Gasteiger partial charge on any atom is 0.155 e. The van der Waals surface area contributed by atoms with Crippen molar-refractivity contribution >= 4 is 0 Å². The lowest BCUT2D eigenvalue weighted by molar-refractivity contribution is -0.319. The second-order valence-electron chi connectivity index (χ2n) is 5.14. The van der Waals surface area contributed by atoms with Crippen LogP contribution in [0.15, 0.2) is 0 Å². The molecule has 2 unspecified atom stereocenters. The van der Waals surface area contributed by atoms with Crippen LogP contribution in [0.25, 0.3) is 0 Å². The molecule has 0 fully saturated rings. The van der Waals surface area contributed by atoms with Crippen LogP contribution >= 0.6 is 0 Å². The van der Waals surface area contributed by atoms with E-state index in [0.29, 0.717) is 13.2 Å². The minimum Gasteiger partial charge on any atom is -0.235 e. The molecule has 0 N–H and O–H groups in total. The molecular formula is C16H30O4. The summed E-state index contributed by atoms with van der Waals surface area (Å²) in [6, 6.07) is 0. The SMILES string of the molecule is CCCCOOC(C)C#CC(OOCCCC)C(C)C. The van der Waals surface area contributed by atoms with Gasteiger partial charge in [0.05, 0.1) is 13.2 Å². The normalized spacial score (nSPS) is 13.9. The zero-order valence-corrected chi connectivity index (χ0v) is 13.6. The molecule has 0 aromatic carbocycles. The van der Waals surface area contributed by atoms with Crippen molar-refractivity contribution in [3.63, 3.8) is 0 Å². The van der Waals surface area contributed by atoms with Gasteiger partial charge in [-0.05, 0) is 25.7 Å². The Morgan fingerprint density at radius 2 is 1.35 bits per heavy atom. The highest BCUT2D eigenvalue weighted by Crippen LogP contribution is 2.07. The summed E-state index contributed by atoms with van der Waals surface area (Å²) in [5, 5.41) is 0. The minimum atomic E-state index is -0.271. The molecule has 0 amide bonds. The average molecular weight is 286 g/mol. The van der Waals surface area contributed by atoms with Gasteiger partial charge in [0.1, 0.15) is 0 Å². The van der Waals surface area contributed by atoms with Gasteiger partial charge in [-0.2, -0.15) is 0 Å².